The fourth-order valence-corrected chi connectivity index (χ4v) is 4.39. The third kappa shape index (κ3) is 1.38. The van der Waals surface area contributed by atoms with Gasteiger partial charge in [0.25, 0.3) is 0 Å². The van der Waals surface area contributed by atoms with Gasteiger partial charge in [0.05, 0.1) is 0 Å². The molecule has 96 valence electrons. The highest BCUT2D eigenvalue weighted by Crippen LogP contribution is 2.47. The van der Waals surface area contributed by atoms with E-state index in [0.717, 1.165) is 12.5 Å². The zero-order valence-electron chi connectivity index (χ0n) is 11.3. The smallest absolute Gasteiger partial charge is 0.0339 e. The standard InChI is InChI=1S/C16H22N2/c1-9-6-14-12-4-3-5-15-16(12)11(8-17-15)7-13(14)10(2)18-9/h5,9-11,17-18H,3-4,6-8H2,1-2H3. The number of hydrogen-bond acceptors (Lipinski definition) is 2. The molecular formula is C16H22N2. The van der Waals surface area contributed by atoms with Gasteiger partial charge in [0.15, 0.2) is 0 Å². The highest BCUT2D eigenvalue weighted by atomic mass is 15.0. The van der Waals surface area contributed by atoms with E-state index in [-0.39, 0.29) is 0 Å². The molecule has 1 saturated heterocycles. The van der Waals surface area contributed by atoms with Crippen molar-refractivity contribution in [3.63, 3.8) is 0 Å². The van der Waals surface area contributed by atoms with Gasteiger partial charge in [-0.2, -0.15) is 0 Å². The average Bonchev–Trinajstić information content (AvgIpc) is 2.76. The van der Waals surface area contributed by atoms with E-state index >= 15 is 0 Å². The van der Waals surface area contributed by atoms with Crippen LogP contribution < -0.4 is 10.6 Å². The van der Waals surface area contributed by atoms with E-state index in [9.17, 15) is 0 Å². The zero-order valence-corrected chi connectivity index (χ0v) is 11.3. The van der Waals surface area contributed by atoms with Gasteiger partial charge in [0.1, 0.15) is 0 Å². The Morgan fingerprint density at radius 3 is 2.94 bits per heavy atom. The van der Waals surface area contributed by atoms with Crippen molar-refractivity contribution in [3.05, 3.63) is 34.1 Å². The van der Waals surface area contributed by atoms with Crippen molar-refractivity contribution in [2.24, 2.45) is 5.92 Å². The minimum atomic E-state index is 0.577. The van der Waals surface area contributed by atoms with Gasteiger partial charge >= 0.3 is 0 Å². The molecule has 4 aliphatic rings. The molecule has 0 radical (unpaired) electrons. The third-order valence-electron chi connectivity index (χ3n) is 5.09. The van der Waals surface area contributed by atoms with Crippen molar-refractivity contribution in [1.29, 1.82) is 0 Å². The predicted molar refractivity (Wildman–Crippen MR) is 74.2 cm³/mol. The lowest BCUT2D eigenvalue weighted by atomic mass is 9.71. The van der Waals surface area contributed by atoms with E-state index in [1.165, 1.54) is 31.4 Å². The molecule has 2 nitrogen and oxygen atoms in total. The van der Waals surface area contributed by atoms with Gasteiger partial charge in [-0.25, -0.2) is 0 Å². The molecule has 2 aliphatic heterocycles. The lowest BCUT2D eigenvalue weighted by Crippen LogP contribution is -2.42. The zero-order chi connectivity index (χ0) is 12.3. The summed E-state index contributed by atoms with van der Waals surface area (Å²) in [4.78, 5) is 0. The molecule has 2 heteroatoms. The Balaban J connectivity index is 1.86. The van der Waals surface area contributed by atoms with E-state index in [2.05, 4.69) is 30.6 Å². The summed E-state index contributed by atoms with van der Waals surface area (Å²) >= 11 is 0. The second kappa shape index (κ2) is 3.74. The Labute approximate surface area is 109 Å². The predicted octanol–water partition coefficient (Wildman–Crippen LogP) is 2.65. The van der Waals surface area contributed by atoms with Gasteiger partial charge in [-0.05, 0) is 61.8 Å². The second-order valence-electron chi connectivity index (χ2n) is 6.33. The fraction of sp³-hybridized carbons (Fsp3) is 0.625. The highest BCUT2D eigenvalue weighted by molar-refractivity contribution is 5.56. The Morgan fingerprint density at radius 2 is 2.06 bits per heavy atom. The van der Waals surface area contributed by atoms with Crippen LogP contribution in [0.3, 0.4) is 0 Å². The normalized spacial score (nSPS) is 38.1. The van der Waals surface area contributed by atoms with Crippen molar-refractivity contribution in [2.75, 3.05) is 6.54 Å². The van der Waals surface area contributed by atoms with Crippen molar-refractivity contribution >= 4 is 0 Å². The molecule has 0 saturated carbocycles. The summed E-state index contributed by atoms with van der Waals surface area (Å²) in [5.41, 5.74) is 8.29. The summed E-state index contributed by atoms with van der Waals surface area (Å²) in [5, 5.41) is 7.34. The maximum atomic E-state index is 3.72. The maximum absolute atomic E-state index is 3.72. The topological polar surface area (TPSA) is 24.1 Å². The Kier molecular flexibility index (Phi) is 2.25. The molecule has 3 unspecified atom stereocenters. The van der Waals surface area contributed by atoms with Gasteiger partial charge in [0.2, 0.25) is 0 Å². The van der Waals surface area contributed by atoms with Crippen LogP contribution in [0.1, 0.15) is 39.5 Å². The summed E-state index contributed by atoms with van der Waals surface area (Å²) in [7, 11) is 0. The Morgan fingerprint density at radius 1 is 1.17 bits per heavy atom. The highest BCUT2D eigenvalue weighted by Gasteiger charge is 2.38. The SMILES string of the molecule is CC1CC2=C(CC3CNC4=CCCC2=C43)C(C)N1. The molecule has 2 heterocycles. The first-order chi connectivity index (χ1) is 8.74. The van der Waals surface area contributed by atoms with Crippen LogP contribution in [0.5, 0.6) is 0 Å². The summed E-state index contributed by atoms with van der Waals surface area (Å²) in [5.74, 6) is 0.753. The van der Waals surface area contributed by atoms with Gasteiger partial charge in [0, 0.05) is 30.2 Å². The number of nitrogens with one attached hydrogen (secondary N) is 2. The van der Waals surface area contributed by atoms with Crippen LogP contribution in [0.25, 0.3) is 0 Å². The van der Waals surface area contributed by atoms with Crippen molar-refractivity contribution in [1.82, 2.24) is 10.6 Å². The van der Waals surface area contributed by atoms with Crippen LogP contribution >= 0.6 is 0 Å². The minimum Gasteiger partial charge on any atom is -0.384 e. The third-order valence-corrected chi connectivity index (χ3v) is 5.09. The molecule has 0 aromatic carbocycles. The van der Waals surface area contributed by atoms with E-state index in [0.29, 0.717) is 12.1 Å². The molecule has 3 atom stereocenters. The first-order valence-corrected chi connectivity index (χ1v) is 7.40. The summed E-state index contributed by atoms with van der Waals surface area (Å²) < 4.78 is 0. The summed E-state index contributed by atoms with van der Waals surface area (Å²) in [6, 6.07) is 1.21. The lowest BCUT2D eigenvalue weighted by molar-refractivity contribution is 0.435. The number of rotatable bonds is 0. The Bertz CT molecular complexity index is 495. The van der Waals surface area contributed by atoms with Gasteiger partial charge in [-0.15, -0.1) is 0 Å². The average molecular weight is 242 g/mol. The van der Waals surface area contributed by atoms with E-state index in [4.69, 9.17) is 0 Å². The molecule has 1 fully saturated rings. The van der Waals surface area contributed by atoms with Crippen LogP contribution in [0.4, 0.5) is 0 Å². The number of allylic oxidation sites excluding steroid dienone is 3. The monoisotopic (exact) mass is 242 g/mol. The van der Waals surface area contributed by atoms with Gasteiger partial charge < -0.3 is 10.6 Å². The van der Waals surface area contributed by atoms with Gasteiger partial charge in [-0.1, -0.05) is 6.08 Å². The fourth-order valence-electron chi connectivity index (χ4n) is 4.39. The largest absolute Gasteiger partial charge is 0.384 e. The first-order valence-electron chi connectivity index (χ1n) is 7.40. The summed E-state index contributed by atoms with van der Waals surface area (Å²) in [6.07, 6.45) is 7.42. The molecule has 0 amide bonds. The molecule has 2 N–H and O–H groups in total. The second-order valence-corrected chi connectivity index (χ2v) is 6.33. The molecule has 0 bridgehead atoms. The minimum absolute atomic E-state index is 0.577. The van der Waals surface area contributed by atoms with Crippen LogP contribution in [-0.4, -0.2) is 18.6 Å². The summed E-state index contributed by atoms with van der Waals surface area (Å²) in [6.45, 7) is 5.83. The molecule has 2 aliphatic carbocycles. The number of fused-ring (bicyclic) bond motifs is 1. The molecular weight excluding hydrogens is 220 g/mol. The molecule has 4 rings (SSSR count). The quantitative estimate of drug-likeness (QED) is 0.682. The Hall–Kier alpha value is -1.02. The van der Waals surface area contributed by atoms with Crippen LogP contribution in [0.15, 0.2) is 34.1 Å². The van der Waals surface area contributed by atoms with E-state index in [1.807, 2.05) is 0 Å². The van der Waals surface area contributed by atoms with Crippen LogP contribution in [0, 0.1) is 5.92 Å². The van der Waals surface area contributed by atoms with Crippen molar-refractivity contribution < 1.29 is 0 Å². The molecule has 18 heavy (non-hydrogen) atoms. The van der Waals surface area contributed by atoms with Crippen molar-refractivity contribution in [3.8, 4) is 0 Å². The maximum Gasteiger partial charge on any atom is 0.0339 e. The number of hydrogen-bond donors (Lipinski definition) is 2. The van der Waals surface area contributed by atoms with Crippen LogP contribution in [-0.2, 0) is 0 Å². The van der Waals surface area contributed by atoms with E-state index < -0.39 is 0 Å². The van der Waals surface area contributed by atoms with Crippen molar-refractivity contribution in [2.45, 2.75) is 51.6 Å². The van der Waals surface area contributed by atoms with E-state index in [1.54, 1.807) is 22.3 Å². The first kappa shape index (κ1) is 10.9. The van der Waals surface area contributed by atoms with Gasteiger partial charge in [-0.3, -0.25) is 0 Å². The molecule has 0 spiro atoms. The molecule has 0 aromatic rings. The lowest BCUT2D eigenvalue weighted by Gasteiger charge is -2.39. The molecule has 0 aromatic heterocycles. The van der Waals surface area contributed by atoms with Crippen LogP contribution in [0.2, 0.25) is 0 Å².